The minimum Gasteiger partial charge on any atom is -0.478 e. The first-order chi connectivity index (χ1) is 13.5. The molecule has 146 valence electrons. The van der Waals surface area contributed by atoms with Crippen LogP contribution in [0.1, 0.15) is 44.9 Å². The van der Waals surface area contributed by atoms with Crippen LogP contribution in [0.25, 0.3) is 0 Å². The van der Waals surface area contributed by atoms with Crippen LogP contribution in [-0.4, -0.2) is 51.9 Å². The van der Waals surface area contributed by atoms with E-state index >= 15 is 0 Å². The smallest absolute Gasteiger partial charge is 0.337 e. The number of carbonyl (C=O) groups is 3. The molecule has 2 aromatic rings. The van der Waals surface area contributed by atoms with E-state index in [-0.39, 0.29) is 22.9 Å². The molecule has 1 aromatic carbocycles. The fourth-order valence-corrected chi connectivity index (χ4v) is 3.35. The molecule has 3 rings (SSSR count). The maximum atomic E-state index is 12.9. The minimum absolute atomic E-state index is 0.0468. The van der Waals surface area contributed by atoms with Crippen LogP contribution in [-0.2, 0) is 11.2 Å². The number of carboxylic acids is 1. The molecule has 2 amide bonds. The lowest BCUT2D eigenvalue weighted by molar-refractivity contribution is -0.132. The van der Waals surface area contributed by atoms with Gasteiger partial charge in [-0.25, -0.2) is 9.78 Å². The lowest BCUT2D eigenvalue weighted by Crippen LogP contribution is -2.49. The summed E-state index contributed by atoms with van der Waals surface area (Å²) in [7, 11) is 0. The molecule has 0 saturated carbocycles. The highest BCUT2D eigenvalue weighted by atomic mass is 16.4. The number of hydrogen-bond acceptors (Lipinski definition) is 4. The molecule has 2 heterocycles. The molecule has 0 spiro atoms. The number of pyridine rings is 1. The van der Waals surface area contributed by atoms with Gasteiger partial charge >= 0.3 is 5.97 Å². The largest absolute Gasteiger partial charge is 0.478 e. The molecule has 7 nitrogen and oxygen atoms in total. The Bertz CT molecular complexity index is 876. The Morgan fingerprint density at radius 1 is 1.11 bits per heavy atom. The van der Waals surface area contributed by atoms with Gasteiger partial charge < -0.3 is 15.3 Å². The quantitative estimate of drug-likeness (QED) is 0.798. The van der Waals surface area contributed by atoms with Gasteiger partial charge in [-0.1, -0.05) is 30.3 Å². The van der Waals surface area contributed by atoms with Gasteiger partial charge in [0.15, 0.2) is 0 Å². The van der Waals surface area contributed by atoms with Gasteiger partial charge in [-0.2, -0.15) is 0 Å². The van der Waals surface area contributed by atoms with Gasteiger partial charge in [-0.3, -0.25) is 9.59 Å². The Balaban J connectivity index is 1.79. The number of amides is 2. The third-order valence-electron chi connectivity index (χ3n) is 4.85. The molecule has 1 unspecified atom stereocenters. The van der Waals surface area contributed by atoms with E-state index < -0.39 is 17.9 Å². The molecule has 1 saturated heterocycles. The molecule has 1 fully saturated rings. The second-order valence-corrected chi connectivity index (χ2v) is 6.88. The zero-order valence-electron chi connectivity index (χ0n) is 15.7. The van der Waals surface area contributed by atoms with Crippen molar-refractivity contribution in [2.75, 3.05) is 13.1 Å². The van der Waals surface area contributed by atoms with Gasteiger partial charge in [0.05, 0.1) is 11.3 Å². The van der Waals surface area contributed by atoms with Gasteiger partial charge in [-0.15, -0.1) is 0 Å². The highest BCUT2D eigenvalue weighted by Gasteiger charge is 2.28. The highest BCUT2D eigenvalue weighted by Crippen LogP contribution is 2.13. The standard InChI is InChI=1S/C21H23N3O4/c1-14-16(21(27)28)9-10-17(22-14)19(25)23-18(13-15-7-3-2-4-8-15)20(26)24-11-5-6-12-24/h2-4,7-10,18H,5-6,11-13H2,1H3,(H,23,25)(H,27,28). The van der Waals surface area contributed by atoms with Gasteiger partial charge in [0, 0.05) is 19.5 Å². The summed E-state index contributed by atoms with van der Waals surface area (Å²) >= 11 is 0. The molecule has 0 aliphatic carbocycles. The average Bonchev–Trinajstić information content (AvgIpc) is 3.22. The van der Waals surface area contributed by atoms with E-state index in [9.17, 15) is 14.4 Å². The molecule has 1 aromatic heterocycles. The van der Waals surface area contributed by atoms with Crippen LogP contribution < -0.4 is 5.32 Å². The average molecular weight is 381 g/mol. The number of aryl methyl sites for hydroxylation is 1. The van der Waals surface area contributed by atoms with Gasteiger partial charge in [0.1, 0.15) is 11.7 Å². The molecule has 0 radical (unpaired) electrons. The zero-order chi connectivity index (χ0) is 20.1. The van der Waals surface area contributed by atoms with E-state index in [1.807, 2.05) is 30.3 Å². The van der Waals surface area contributed by atoms with E-state index in [0.717, 1.165) is 18.4 Å². The summed E-state index contributed by atoms with van der Waals surface area (Å²) < 4.78 is 0. The lowest BCUT2D eigenvalue weighted by Gasteiger charge is -2.24. The zero-order valence-corrected chi connectivity index (χ0v) is 15.7. The molecule has 7 heteroatoms. The number of nitrogens with zero attached hydrogens (tertiary/aromatic N) is 2. The normalized spacial score (nSPS) is 14.5. The topological polar surface area (TPSA) is 99.6 Å². The Morgan fingerprint density at radius 2 is 1.79 bits per heavy atom. The van der Waals surface area contributed by atoms with E-state index in [2.05, 4.69) is 10.3 Å². The molecule has 1 atom stereocenters. The maximum Gasteiger partial charge on any atom is 0.337 e. The van der Waals surface area contributed by atoms with E-state index in [1.165, 1.54) is 19.1 Å². The van der Waals surface area contributed by atoms with E-state index in [1.54, 1.807) is 4.90 Å². The Labute approximate surface area is 163 Å². The molecule has 28 heavy (non-hydrogen) atoms. The summed E-state index contributed by atoms with van der Waals surface area (Å²) in [5.41, 5.74) is 1.34. The Kier molecular flexibility index (Phi) is 6.03. The minimum atomic E-state index is -1.09. The molecule has 0 bridgehead atoms. The number of rotatable bonds is 6. The van der Waals surface area contributed by atoms with Crippen molar-refractivity contribution in [2.45, 2.75) is 32.2 Å². The number of benzene rings is 1. The van der Waals surface area contributed by atoms with Crippen molar-refractivity contribution >= 4 is 17.8 Å². The molecule has 1 aliphatic rings. The number of aromatic nitrogens is 1. The third kappa shape index (κ3) is 4.54. The number of hydrogen-bond donors (Lipinski definition) is 2. The van der Waals surface area contributed by atoms with Crippen molar-refractivity contribution in [2.24, 2.45) is 0 Å². The SMILES string of the molecule is Cc1nc(C(=O)NC(Cc2ccccc2)C(=O)N2CCCC2)ccc1C(=O)O. The number of aromatic carboxylic acids is 1. The Hall–Kier alpha value is -3.22. The summed E-state index contributed by atoms with van der Waals surface area (Å²) in [5.74, 6) is -1.69. The van der Waals surface area contributed by atoms with Crippen molar-refractivity contribution in [3.63, 3.8) is 0 Å². The predicted octanol–water partition coefficient (Wildman–Crippen LogP) is 2.05. The van der Waals surface area contributed by atoms with Crippen molar-refractivity contribution < 1.29 is 19.5 Å². The van der Waals surface area contributed by atoms with Gasteiger partial charge in [0.25, 0.3) is 5.91 Å². The van der Waals surface area contributed by atoms with Crippen LogP contribution in [0.5, 0.6) is 0 Å². The second-order valence-electron chi connectivity index (χ2n) is 6.88. The van der Waals surface area contributed by atoms with E-state index in [0.29, 0.717) is 19.5 Å². The maximum absolute atomic E-state index is 12.9. The Morgan fingerprint density at radius 3 is 2.39 bits per heavy atom. The first-order valence-electron chi connectivity index (χ1n) is 9.30. The lowest BCUT2D eigenvalue weighted by atomic mass is 10.0. The first kappa shape index (κ1) is 19.5. The monoisotopic (exact) mass is 381 g/mol. The van der Waals surface area contributed by atoms with Crippen LogP contribution >= 0.6 is 0 Å². The summed E-state index contributed by atoms with van der Waals surface area (Å²) in [4.78, 5) is 42.6. The molecule has 1 aliphatic heterocycles. The number of carboxylic acid groups (broad SMARTS) is 1. The fraction of sp³-hybridized carbons (Fsp3) is 0.333. The summed E-state index contributed by atoms with van der Waals surface area (Å²) in [6.45, 7) is 2.94. The highest BCUT2D eigenvalue weighted by molar-refractivity contribution is 5.97. The van der Waals surface area contributed by atoms with Crippen LogP contribution in [0.2, 0.25) is 0 Å². The number of carbonyl (C=O) groups excluding carboxylic acids is 2. The summed E-state index contributed by atoms with van der Waals surface area (Å²) in [5, 5.41) is 11.9. The predicted molar refractivity (Wildman–Crippen MR) is 103 cm³/mol. The second kappa shape index (κ2) is 8.65. The van der Waals surface area contributed by atoms with Crippen LogP contribution in [0.3, 0.4) is 0 Å². The summed E-state index contributed by atoms with van der Waals surface area (Å²) in [6, 6.07) is 11.5. The number of nitrogens with one attached hydrogen (secondary N) is 1. The van der Waals surface area contributed by atoms with Crippen molar-refractivity contribution in [3.05, 3.63) is 65.0 Å². The van der Waals surface area contributed by atoms with E-state index in [4.69, 9.17) is 5.11 Å². The van der Waals surface area contributed by atoms with Gasteiger partial charge in [-0.05, 0) is 37.5 Å². The first-order valence-corrected chi connectivity index (χ1v) is 9.30. The fourth-order valence-electron chi connectivity index (χ4n) is 3.35. The van der Waals surface area contributed by atoms with Crippen molar-refractivity contribution in [1.29, 1.82) is 0 Å². The summed E-state index contributed by atoms with van der Waals surface area (Å²) in [6.07, 6.45) is 2.32. The van der Waals surface area contributed by atoms with Crippen molar-refractivity contribution in [1.82, 2.24) is 15.2 Å². The van der Waals surface area contributed by atoms with Crippen molar-refractivity contribution in [3.8, 4) is 0 Å². The number of likely N-dealkylation sites (tertiary alicyclic amines) is 1. The third-order valence-corrected chi connectivity index (χ3v) is 4.85. The van der Waals surface area contributed by atoms with Crippen LogP contribution in [0, 0.1) is 6.92 Å². The molecular formula is C21H23N3O4. The molecular weight excluding hydrogens is 358 g/mol. The molecule has 2 N–H and O–H groups in total. The van der Waals surface area contributed by atoms with Gasteiger partial charge in [0.2, 0.25) is 5.91 Å². The van der Waals surface area contributed by atoms with Crippen LogP contribution in [0.4, 0.5) is 0 Å². The van der Waals surface area contributed by atoms with Crippen LogP contribution in [0.15, 0.2) is 42.5 Å².